The summed E-state index contributed by atoms with van der Waals surface area (Å²) in [4.78, 5) is 29.9. The third-order valence-electron chi connectivity index (χ3n) is 3.99. The van der Waals surface area contributed by atoms with Gasteiger partial charge in [0.15, 0.2) is 0 Å². The lowest BCUT2D eigenvalue weighted by atomic mass is 10.0. The Kier molecular flexibility index (Phi) is 3.24. The predicted octanol–water partition coefficient (Wildman–Crippen LogP) is 2.86. The van der Waals surface area contributed by atoms with Crippen LogP contribution in [0, 0.1) is 6.92 Å². The molecule has 1 amide bonds. The molecule has 0 radical (unpaired) electrons. The Morgan fingerprint density at radius 1 is 1.20 bits per heavy atom. The van der Waals surface area contributed by atoms with Gasteiger partial charge in [0.25, 0.3) is 5.56 Å². The topological polar surface area (TPSA) is 124 Å². The Bertz CT molecular complexity index is 1190. The fraction of sp³-hybridized carbons (Fsp3) is 0.0588. The third-order valence-corrected chi connectivity index (χ3v) is 3.99. The fourth-order valence-corrected chi connectivity index (χ4v) is 2.92. The highest BCUT2D eigenvalue weighted by atomic mass is 16.4. The number of benzene rings is 2. The second-order valence-electron chi connectivity index (χ2n) is 5.65. The molecule has 4 N–H and O–H groups in total. The van der Waals surface area contributed by atoms with Gasteiger partial charge in [-0.3, -0.25) is 10.1 Å². The predicted molar refractivity (Wildman–Crippen MR) is 93.8 cm³/mol. The third kappa shape index (κ3) is 2.49. The van der Waals surface area contributed by atoms with E-state index in [2.05, 4.69) is 25.5 Å². The molecule has 0 bridgehead atoms. The first-order chi connectivity index (χ1) is 12.0. The molecule has 0 fully saturated rings. The first-order valence-corrected chi connectivity index (χ1v) is 7.51. The Morgan fingerprint density at radius 3 is 2.72 bits per heavy atom. The van der Waals surface area contributed by atoms with Gasteiger partial charge in [0, 0.05) is 10.9 Å². The molecule has 8 heteroatoms. The average molecular weight is 335 g/mol. The number of fused-ring (bicyclic) bond motifs is 2. The highest BCUT2D eigenvalue weighted by Crippen LogP contribution is 2.29. The molecule has 0 atom stereocenters. The van der Waals surface area contributed by atoms with Gasteiger partial charge in [0.1, 0.15) is 0 Å². The minimum absolute atomic E-state index is 0.155. The van der Waals surface area contributed by atoms with Crippen LogP contribution in [0.3, 0.4) is 0 Å². The summed E-state index contributed by atoms with van der Waals surface area (Å²) in [7, 11) is 0. The number of amides is 1. The van der Waals surface area contributed by atoms with Crippen molar-refractivity contribution in [1.29, 1.82) is 0 Å². The Labute approximate surface area is 140 Å². The van der Waals surface area contributed by atoms with Gasteiger partial charge in [0.2, 0.25) is 5.95 Å². The van der Waals surface area contributed by atoms with Crippen LogP contribution in [-0.4, -0.2) is 31.4 Å². The maximum Gasteiger partial charge on any atom is 0.411 e. The number of rotatable bonds is 2. The molecule has 2 aromatic heterocycles. The standard InChI is InChI=1S/C17H13N5O3/c1-8-6-9(7-12-13(8)19-16(18-12)20-17(24)25)14-10-4-2-3-5-11(10)15(23)22-21-14/h2-7H,1H3,(H,22,23)(H,24,25)(H2,18,19,20). The smallest absolute Gasteiger partial charge is 0.411 e. The van der Waals surface area contributed by atoms with Crippen LogP contribution in [0.1, 0.15) is 5.56 Å². The summed E-state index contributed by atoms with van der Waals surface area (Å²) in [6.45, 7) is 1.89. The number of imidazole rings is 1. The van der Waals surface area contributed by atoms with Gasteiger partial charge in [0.05, 0.1) is 22.1 Å². The SMILES string of the molecule is Cc1cc(-c2n[nH]c(=O)c3ccccc23)cc2nc(NC(=O)O)[nH]c12. The van der Waals surface area contributed by atoms with Gasteiger partial charge in [-0.15, -0.1) is 0 Å². The van der Waals surface area contributed by atoms with Gasteiger partial charge >= 0.3 is 6.09 Å². The zero-order valence-electron chi connectivity index (χ0n) is 13.1. The average Bonchev–Trinajstić information content (AvgIpc) is 2.97. The van der Waals surface area contributed by atoms with Crippen LogP contribution in [0.2, 0.25) is 0 Å². The van der Waals surface area contributed by atoms with Crippen LogP contribution in [-0.2, 0) is 0 Å². The second-order valence-corrected chi connectivity index (χ2v) is 5.65. The Morgan fingerprint density at radius 2 is 1.96 bits per heavy atom. The van der Waals surface area contributed by atoms with E-state index in [9.17, 15) is 9.59 Å². The number of carboxylic acid groups (broad SMARTS) is 1. The molecule has 0 aliphatic carbocycles. The van der Waals surface area contributed by atoms with Crippen LogP contribution in [0.4, 0.5) is 10.7 Å². The number of nitrogens with zero attached hydrogens (tertiary/aromatic N) is 2. The van der Waals surface area contributed by atoms with Crippen molar-refractivity contribution in [3.8, 4) is 11.3 Å². The van der Waals surface area contributed by atoms with Crippen molar-refractivity contribution in [2.75, 3.05) is 5.32 Å². The van der Waals surface area contributed by atoms with E-state index in [0.717, 1.165) is 22.0 Å². The van der Waals surface area contributed by atoms with Crippen LogP contribution < -0.4 is 10.9 Å². The van der Waals surface area contributed by atoms with Crippen LogP contribution in [0.15, 0.2) is 41.2 Å². The quantitative estimate of drug-likeness (QED) is 0.448. The van der Waals surface area contributed by atoms with E-state index in [1.807, 2.05) is 25.1 Å². The van der Waals surface area contributed by atoms with E-state index in [1.54, 1.807) is 18.2 Å². The molecule has 0 aliphatic rings. The summed E-state index contributed by atoms with van der Waals surface area (Å²) in [6, 6.07) is 11.0. The molecule has 2 heterocycles. The number of nitrogens with one attached hydrogen (secondary N) is 3. The van der Waals surface area contributed by atoms with E-state index in [4.69, 9.17) is 5.11 Å². The van der Waals surface area contributed by atoms with Crippen LogP contribution >= 0.6 is 0 Å². The lowest BCUT2D eigenvalue weighted by Gasteiger charge is -2.06. The number of aromatic nitrogens is 4. The van der Waals surface area contributed by atoms with E-state index >= 15 is 0 Å². The number of carbonyl (C=O) groups is 1. The molecular weight excluding hydrogens is 322 g/mol. The summed E-state index contributed by atoms with van der Waals surface area (Å²) in [5, 5.41) is 19.0. The van der Waals surface area contributed by atoms with Gasteiger partial charge in [-0.2, -0.15) is 5.10 Å². The zero-order chi connectivity index (χ0) is 17.6. The first kappa shape index (κ1) is 14.9. The lowest BCUT2D eigenvalue weighted by Crippen LogP contribution is -2.09. The van der Waals surface area contributed by atoms with E-state index in [0.29, 0.717) is 16.6 Å². The normalized spacial score (nSPS) is 11.1. The number of hydrogen-bond donors (Lipinski definition) is 4. The lowest BCUT2D eigenvalue weighted by molar-refractivity contribution is 0.209. The Balaban J connectivity index is 1.94. The molecule has 4 rings (SSSR count). The van der Waals surface area contributed by atoms with Gasteiger partial charge < -0.3 is 10.1 Å². The molecule has 0 aliphatic heterocycles. The van der Waals surface area contributed by atoms with E-state index in [1.165, 1.54) is 0 Å². The van der Waals surface area contributed by atoms with Crippen LogP contribution in [0.25, 0.3) is 33.1 Å². The van der Waals surface area contributed by atoms with Crippen molar-refractivity contribution >= 4 is 33.8 Å². The molecule has 0 saturated carbocycles. The van der Waals surface area contributed by atoms with E-state index in [-0.39, 0.29) is 11.5 Å². The number of H-pyrrole nitrogens is 2. The van der Waals surface area contributed by atoms with Crippen molar-refractivity contribution in [2.24, 2.45) is 0 Å². The molecular formula is C17H13N5O3. The largest absolute Gasteiger partial charge is 0.465 e. The molecule has 124 valence electrons. The van der Waals surface area contributed by atoms with Crippen molar-refractivity contribution in [3.63, 3.8) is 0 Å². The minimum atomic E-state index is -1.19. The number of anilines is 1. The molecule has 0 saturated heterocycles. The first-order valence-electron chi connectivity index (χ1n) is 7.51. The maximum atomic E-state index is 11.9. The Hall–Kier alpha value is -3.68. The second kappa shape index (κ2) is 5.45. The fourth-order valence-electron chi connectivity index (χ4n) is 2.92. The van der Waals surface area contributed by atoms with Crippen molar-refractivity contribution in [1.82, 2.24) is 20.2 Å². The maximum absolute atomic E-state index is 11.9. The number of aromatic amines is 2. The minimum Gasteiger partial charge on any atom is -0.465 e. The molecule has 25 heavy (non-hydrogen) atoms. The molecule has 0 spiro atoms. The highest BCUT2D eigenvalue weighted by Gasteiger charge is 2.13. The van der Waals surface area contributed by atoms with Gasteiger partial charge in [-0.1, -0.05) is 18.2 Å². The van der Waals surface area contributed by atoms with E-state index < -0.39 is 6.09 Å². The van der Waals surface area contributed by atoms with Crippen molar-refractivity contribution in [2.45, 2.75) is 6.92 Å². The van der Waals surface area contributed by atoms with Gasteiger partial charge in [-0.25, -0.2) is 14.9 Å². The van der Waals surface area contributed by atoms with Gasteiger partial charge in [-0.05, 0) is 30.7 Å². The zero-order valence-corrected chi connectivity index (χ0v) is 13.1. The van der Waals surface area contributed by atoms with Crippen molar-refractivity contribution < 1.29 is 9.90 Å². The summed E-state index contributed by atoms with van der Waals surface area (Å²) in [5.41, 5.74) is 3.40. The monoisotopic (exact) mass is 335 g/mol. The number of hydrogen-bond acceptors (Lipinski definition) is 4. The molecule has 8 nitrogen and oxygen atoms in total. The highest BCUT2D eigenvalue weighted by molar-refractivity contribution is 5.96. The molecule has 0 unspecified atom stereocenters. The summed E-state index contributed by atoms with van der Waals surface area (Å²) >= 11 is 0. The molecule has 4 aromatic rings. The summed E-state index contributed by atoms with van der Waals surface area (Å²) in [5.74, 6) is 0.155. The number of aryl methyl sites for hydroxylation is 1. The van der Waals surface area contributed by atoms with Crippen molar-refractivity contribution in [3.05, 3.63) is 52.3 Å². The van der Waals surface area contributed by atoms with Crippen LogP contribution in [0.5, 0.6) is 0 Å². The summed E-state index contributed by atoms with van der Waals surface area (Å²) < 4.78 is 0. The molecule has 2 aromatic carbocycles. The summed E-state index contributed by atoms with van der Waals surface area (Å²) in [6.07, 6.45) is -1.19.